The lowest BCUT2D eigenvalue weighted by Crippen LogP contribution is -2.57. The first-order valence-corrected chi connectivity index (χ1v) is 12.9. The molecule has 0 bridgehead atoms. The van der Waals surface area contributed by atoms with Crippen molar-refractivity contribution < 1.29 is 17.9 Å². The summed E-state index contributed by atoms with van der Waals surface area (Å²) in [6, 6.07) is 8.70. The van der Waals surface area contributed by atoms with E-state index in [0.717, 1.165) is 32.2 Å². The number of sulfone groups is 1. The van der Waals surface area contributed by atoms with Gasteiger partial charge in [0.15, 0.2) is 9.84 Å². The van der Waals surface area contributed by atoms with E-state index in [9.17, 15) is 13.2 Å². The molecule has 1 aromatic carbocycles. The van der Waals surface area contributed by atoms with Gasteiger partial charge in [0.1, 0.15) is 0 Å². The molecule has 30 heavy (non-hydrogen) atoms. The van der Waals surface area contributed by atoms with Gasteiger partial charge in [-0.3, -0.25) is 9.80 Å². The first-order chi connectivity index (χ1) is 14.3. The number of ether oxygens (including phenoxy) is 1. The molecule has 0 aliphatic carbocycles. The molecule has 0 unspecified atom stereocenters. The zero-order valence-electron chi connectivity index (χ0n) is 18.7. The van der Waals surface area contributed by atoms with Crippen molar-refractivity contribution in [3.05, 3.63) is 30.3 Å². The van der Waals surface area contributed by atoms with Crippen molar-refractivity contribution in [2.24, 2.45) is 11.8 Å². The van der Waals surface area contributed by atoms with Crippen LogP contribution in [0.15, 0.2) is 35.2 Å². The van der Waals surface area contributed by atoms with Crippen molar-refractivity contribution >= 4 is 15.7 Å². The van der Waals surface area contributed by atoms with E-state index in [2.05, 4.69) is 18.9 Å². The number of benzene rings is 1. The predicted octanol–water partition coefficient (Wildman–Crippen LogP) is 3.53. The number of hydrogen-bond acceptors (Lipinski definition) is 5. The van der Waals surface area contributed by atoms with Crippen LogP contribution in [0.25, 0.3) is 0 Å². The molecular weight excluding hydrogens is 400 g/mol. The summed E-state index contributed by atoms with van der Waals surface area (Å²) in [6.45, 7) is 7.70. The van der Waals surface area contributed by atoms with Gasteiger partial charge in [-0.25, -0.2) is 13.4 Å². The summed E-state index contributed by atoms with van der Waals surface area (Å²) < 4.78 is 31.6. The molecule has 0 saturated carbocycles. The topological polar surface area (TPSA) is 66.9 Å². The molecule has 2 aliphatic rings. The maximum Gasteiger partial charge on any atom is 0.240 e. The van der Waals surface area contributed by atoms with Gasteiger partial charge in [0.05, 0.1) is 22.3 Å². The van der Waals surface area contributed by atoms with Crippen LogP contribution in [0.5, 0.6) is 0 Å². The van der Waals surface area contributed by atoms with E-state index in [-0.39, 0.29) is 35.1 Å². The van der Waals surface area contributed by atoms with Crippen LogP contribution in [-0.4, -0.2) is 61.9 Å². The molecule has 0 radical (unpaired) electrons. The quantitative estimate of drug-likeness (QED) is 0.592. The second-order valence-corrected chi connectivity index (χ2v) is 10.8. The minimum atomic E-state index is -3.41. The first kappa shape index (κ1) is 23.2. The third-order valence-electron chi connectivity index (χ3n) is 7.24. The van der Waals surface area contributed by atoms with Crippen LogP contribution in [-0.2, 0) is 19.4 Å². The van der Waals surface area contributed by atoms with Gasteiger partial charge in [-0.15, -0.1) is 0 Å². The summed E-state index contributed by atoms with van der Waals surface area (Å²) in [5.41, 5.74) is -0.253. The highest BCUT2D eigenvalue weighted by Crippen LogP contribution is 2.38. The minimum absolute atomic E-state index is 0.00336. The molecule has 2 fully saturated rings. The zero-order chi connectivity index (χ0) is 21.9. The van der Waals surface area contributed by atoms with Crippen LogP contribution in [0, 0.1) is 11.8 Å². The number of hydrazine groups is 1. The lowest BCUT2D eigenvalue weighted by Gasteiger charge is -2.44. The van der Waals surface area contributed by atoms with E-state index in [0.29, 0.717) is 17.9 Å². The number of rotatable bonds is 9. The molecule has 2 saturated heterocycles. The Morgan fingerprint density at radius 3 is 2.40 bits per heavy atom. The van der Waals surface area contributed by atoms with Crippen molar-refractivity contribution in [3.8, 4) is 0 Å². The fourth-order valence-electron chi connectivity index (χ4n) is 5.38. The van der Waals surface area contributed by atoms with Gasteiger partial charge in [0.2, 0.25) is 5.91 Å². The van der Waals surface area contributed by atoms with Gasteiger partial charge >= 0.3 is 0 Å². The van der Waals surface area contributed by atoms with Crippen molar-refractivity contribution in [2.45, 2.75) is 69.4 Å². The highest BCUT2D eigenvalue weighted by molar-refractivity contribution is 7.91. The third kappa shape index (κ3) is 4.30. The van der Waals surface area contributed by atoms with E-state index in [1.807, 2.05) is 11.9 Å². The normalized spacial score (nSPS) is 24.5. The Kier molecular flexibility index (Phi) is 7.25. The van der Waals surface area contributed by atoms with E-state index in [1.165, 1.54) is 0 Å². The molecule has 168 valence electrons. The van der Waals surface area contributed by atoms with Gasteiger partial charge in [-0.1, -0.05) is 39.0 Å². The van der Waals surface area contributed by atoms with Crippen LogP contribution in [0.2, 0.25) is 0 Å². The molecule has 0 aromatic heterocycles. The smallest absolute Gasteiger partial charge is 0.240 e. The number of carbonyl (C=O) groups excluding carboxylic acids is 1. The summed E-state index contributed by atoms with van der Waals surface area (Å²) >= 11 is 0. The Hall–Kier alpha value is -1.44. The van der Waals surface area contributed by atoms with Crippen LogP contribution in [0.4, 0.5) is 0 Å². The second kappa shape index (κ2) is 9.37. The molecule has 1 aromatic rings. The highest BCUT2D eigenvalue weighted by atomic mass is 32.2. The third-order valence-corrected chi connectivity index (χ3v) is 9.20. The minimum Gasteiger partial charge on any atom is -0.377 e. The van der Waals surface area contributed by atoms with Gasteiger partial charge in [0, 0.05) is 26.1 Å². The van der Waals surface area contributed by atoms with Crippen molar-refractivity contribution in [3.63, 3.8) is 0 Å². The van der Waals surface area contributed by atoms with E-state index < -0.39 is 9.84 Å². The van der Waals surface area contributed by atoms with E-state index >= 15 is 0 Å². The predicted molar refractivity (Wildman–Crippen MR) is 118 cm³/mol. The molecule has 0 N–H and O–H groups in total. The van der Waals surface area contributed by atoms with Crippen molar-refractivity contribution in [1.29, 1.82) is 0 Å². The number of carbonyl (C=O) groups is 1. The summed E-state index contributed by atoms with van der Waals surface area (Å²) in [7, 11) is -1.63. The molecule has 1 amide bonds. The van der Waals surface area contributed by atoms with Crippen LogP contribution < -0.4 is 0 Å². The summed E-state index contributed by atoms with van der Waals surface area (Å²) in [4.78, 5) is 13.7. The van der Waals surface area contributed by atoms with Gasteiger partial charge in [0.25, 0.3) is 0 Å². The Morgan fingerprint density at radius 2 is 1.80 bits per heavy atom. The molecule has 3 atom stereocenters. The molecule has 3 rings (SSSR count). The van der Waals surface area contributed by atoms with E-state index in [4.69, 9.17) is 4.74 Å². The van der Waals surface area contributed by atoms with Crippen LogP contribution in [0.3, 0.4) is 0 Å². The number of methoxy groups -OCH3 is 1. The fourth-order valence-corrected chi connectivity index (χ4v) is 7.07. The van der Waals surface area contributed by atoms with Crippen LogP contribution >= 0.6 is 0 Å². The monoisotopic (exact) mass is 436 g/mol. The number of hydrogen-bond donors (Lipinski definition) is 0. The standard InChI is InChI=1S/C23H36N2O4S/c1-5-23(6-2,29-4)21-13-10-15-24(21)25-16-14-20(22(25)26)18(3)17-30(27,28)19-11-8-7-9-12-19/h7-9,11-12,18,20-21H,5-6,10,13-17H2,1-4H3/t18-,20-,21+/m1/s1. The fraction of sp³-hybridized carbons (Fsp3) is 0.696. The molecular formula is C23H36N2O4S. The maximum atomic E-state index is 13.3. The highest BCUT2D eigenvalue weighted by Gasteiger charge is 2.48. The Balaban J connectivity index is 1.72. The SMILES string of the molecule is CCC(CC)(OC)[C@@H]1CCCN1N1CC[C@H]([C@H](C)CS(=O)(=O)c2ccccc2)C1=O. The summed E-state index contributed by atoms with van der Waals surface area (Å²) in [6.07, 6.45) is 4.56. The molecule has 2 heterocycles. The molecule has 0 spiro atoms. The number of amides is 1. The first-order valence-electron chi connectivity index (χ1n) is 11.2. The molecule has 2 aliphatic heterocycles. The maximum absolute atomic E-state index is 13.3. The van der Waals surface area contributed by atoms with Crippen LogP contribution in [0.1, 0.15) is 52.9 Å². The lowest BCUT2D eigenvalue weighted by molar-refractivity contribution is -0.163. The van der Waals surface area contributed by atoms with Gasteiger partial charge in [-0.05, 0) is 50.2 Å². The van der Waals surface area contributed by atoms with E-state index in [1.54, 1.807) is 37.4 Å². The van der Waals surface area contributed by atoms with Crippen molar-refractivity contribution in [1.82, 2.24) is 10.0 Å². The average molecular weight is 437 g/mol. The average Bonchev–Trinajstić information content (AvgIpc) is 3.37. The number of nitrogens with zero attached hydrogens (tertiary/aromatic N) is 2. The Bertz CT molecular complexity index is 815. The molecule has 7 heteroatoms. The second-order valence-electron chi connectivity index (χ2n) is 8.73. The summed E-state index contributed by atoms with van der Waals surface area (Å²) in [5, 5.41) is 4.12. The largest absolute Gasteiger partial charge is 0.377 e. The zero-order valence-corrected chi connectivity index (χ0v) is 19.5. The van der Waals surface area contributed by atoms with Gasteiger partial charge in [-0.2, -0.15) is 0 Å². The Morgan fingerprint density at radius 1 is 1.13 bits per heavy atom. The summed E-state index contributed by atoms with van der Waals surface area (Å²) in [5.74, 6) is -0.422. The Labute approximate surface area is 181 Å². The van der Waals surface area contributed by atoms with Gasteiger partial charge < -0.3 is 4.74 Å². The lowest BCUT2D eigenvalue weighted by atomic mass is 9.87. The van der Waals surface area contributed by atoms with Crippen molar-refractivity contribution in [2.75, 3.05) is 26.0 Å². The molecule has 6 nitrogen and oxygen atoms in total.